The third-order valence-electron chi connectivity index (χ3n) is 3.35. The number of nitrogens with zero attached hydrogens (tertiary/aromatic N) is 2. The van der Waals surface area contributed by atoms with Gasteiger partial charge < -0.3 is 10.8 Å². The van der Waals surface area contributed by atoms with Crippen molar-refractivity contribution in [3.63, 3.8) is 0 Å². The molecule has 2 aromatic carbocycles. The Morgan fingerprint density at radius 1 is 1.08 bits per heavy atom. The van der Waals surface area contributed by atoms with Crippen molar-refractivity contribution in [2.24, 2.45) is 5.73 Å². The van der Waals surface area contributed by atoms with E-state index in [1.807, 2.05) is 25.1 Å². The van der Waals surface area contributed by atoms with E-state index in [0.29, 0.717) is 16.9 Å². The van der Waals surface area contributed by atoms with Crippen LogP contribution >= 0.6 is 0 Å². The Balaban J connectivity index is 0.000000552. The van der Waals surface area contributed by atoms with Gasteiger partial charge in [-0.25, -0.2) is 9.48 Å². The lowest BCUT2D eigenvalue weighted by atomic mass is 10.1. The molecule has 0 saturated carbocycles. The number of aromatic nitrogens is 2. The average Bonchev–Trinajstić information content (AvgIpc) is 3.01. The quantitative estimate of drug-likeness (QED) is 0.704. The van der Waals surface area contributed by atoms with E-state index in [4.69, 9.17) is 9.90 Å². The summed E-state index contributed by atoms with van der Waals surface area (Å²) in [4.78, 5) is 8.78. The smallest absolute Gasteiger partial charge is 0.435 e. The zero-order valence-electron chi connectivity index (χ0n) is 13.7. The zero-order chi connectivity index (χ0) is 19.3. The van der Waals surface area contributed by atoms with Crippen molar-refractivity contribution in [1.82, 2.24) is 9.78 Å². The highest BCUT2D eigenvalue weighted by atomic mass is 19.4. The molecule has 0 spiro atoms. The van der Waals surface area contributed by atoms with Crippen molar-refractivity contribution in [2.45, 2.75) is 13.1 Å². The van der Waals surface area contributed by atoms with Crippen LogP contribution in [0.25, 0.3) is 16.9 Å². The number of hydrogen-bond donors (Lipinski definition) is 2. The second-order valence-corrected chi connectivity index (χ2v) is 5.36. The Hall–Kier alpha value is -3.29. The third kappa shape index (κ3) is 4.85. The number of benzene rings is 2. The maximum Gasteiger partial charge on any atom is 0.435 e. The van der Waals surface area contributed by atoms with Gasteiger partial charge in [0.2, 0.25) is 0 Å². The van der Waals surface area contributed by atoms with Crippen molar-refractivity contribution in [3.05, 3.63) is 71.9 Å². The van der Waals surface area contributed by atoms with E-state index in [9.17, 15) is 13.2 Å². The number of para-hydroxylation sites is 1. The maximum atomic E-state index is 13.0. The van der Waals surface area contributed by atoms with E-state index < -0.39 is 18.0 Å². The molecule has 3 N–H and O–H groups in total. The Morgan fingerprint density at radius 3 is 2.12 bits per heavy atom. The van der Waals surface area contributed by atoms with Crippen LogP contribution in [0.3, 0.4) is 0 Å². The monoisotopic (exact) mass is 363 g/mol. The average molecular weight is 363 g/mol. The molecule has 26 heavy (non-hydrogen) atoms. The van der Waals surface area contributed by atoms with Gasteiger partial charge in [0.25, 0.3) is 0 Å². The van der Waals surface area contributed by atoms with Gasteiger partial charge in [-0.1, -0.05) is 48.0 Å². The molecule has 0 bridgehead atoms. The topological polar surface area (TPSA) is 81.1 Å². The summed E-state index contributed by atoms with van der Waals surface area (Å²) in [5, 5.41) is 10.9. The molecule has 0 aliphatic carbocycles. The van der Waals surface area contributed by atoms with E-state index in [-0.39, 0.29) is 0 Å². The summed E-state index contributed by atoms with van der Waals surface area (Å²) >= 11 is 0. The van der Waals surface area contributed by atoms with Crippen molar-refractivity contribution in [1.29, 1.82) is 0 Å². The second-order valence-electron chi connectivity index (χ2n) is 5.36. The van der Waals surface area contributed by atoms with Gasteiger partial charge in [0.05, 0.1) is 11.4 Å². The number of amides is 1. The first-order valence-electron chi connectivity index (χ1n) is 7.46. The minimum absolute atomic E-state index is 0.415. The lowest BCUT2D eigenvalue weighted by Gasteiger charge is -2.07. The van der Waals surface area contributed by atoms with Gasteiger partial charge in [0.1, 0.15) is 0 Å². The predicted molar refractivity (Wildman–Crippen MR) is 91.0 cm³/mol. The normalized spacial score (nSPS) is 10.8. The fourth-order valence-corrected chi connectivity index (χ4v) is 2.22. The maximum absolute atomic E-state index is 13.0. The molecule has 0 aliphatic rings. The first-order chi connectivity index (χ1) is 12.2. The van der Waals surface area contributed by atoms with Crippen LogP contribution in [0.15, 0.2) is 60.7 Å². The molecule has 1 heterocycles. The molecule has 0 fully saturated rings. The lowest BCUT2D eigenvalue weighted by Crippen LogP contribution is -2.07. The number of carboxylic acid groups (broad SMARTS) is 1. The molecular weight excluding hydrogens is 347 g/mol. The first-order valence-corrected chi connectivity index (χ1v) is 7.46. The van der Waals surface area contributed by atoms with E-state index in [2.05, 4.69) is 10.8 Å². The molecular formula is C18H16F3N3O2. The summed E-state index contributed by atoms with van der Waals surface area (Å²) in [5.41, 5.74) is 5.88. The standard InChI is InChI=1S/C17H13F3N2.CH3NO2/c1-12-7-9-13(10-8-12)15-11-16(17(18,19)20)21-22(15)14-5-3-2-4-6-14;2-1(3)4/h2-11H,1H3;2H2,(H,3,4). The molecule has 0 unspecified atom stereocenters. The van der Waals surface area contributed by atoms with E-state index >= 15 is 0 Å². The van der Waals surface area contributed by atoms with E-state index in [1.54, 1.807) is 36.4 Å². The fraction of sp³-hybridized carbons (Fsp3) is 0.111. The Labute approximate surface area is 147 Å². The largest absolute Gasteiger partial charge is 0.465 e. The van der Waals surface area contributed by atoms with Crippen molar-refractivity contribution >= 4 is 6.09 Å². The summed E-state index contributed by atoms with van der Waals surface area (Å²) in [5.74, 6) is 0. The van der Waals surface area contributed by atoms with Crippen molar-refractivity contribution in [3.8, 4) is 16.9 Å². The summed E-state index contributed by atoms with van der Waals surface area (Å²) in [6, 6.07) is 17.2. The van der Waals surface area contributed by atoms with Gasteiger partial charge in [0.15, 0.2) is 5.69 Å². The van der Waals surface area contributed by atoms with Crippen LogP contribution in [-0.4, -0.2) is 21.0 Å². The Kier molecular flexibility index (Phi) is 5.66. The van der Waals surface area contributed by atoms with E-state index in [1.165, 1.54) is 4.68 Å². The Bertz CT molecular complexity index is 869. The molecule has 0 aliphatic heterocycles. The molecule has 136 valence electrons. The van der Waals surface area contributed by atoms with Gasteiger partial charge >= 0.3 is 12.3 Å². The number of hydrogen-bond acceptors (Lipinski definition) is 2. The second kappa shape index (κ2) is 7.73. The van der Waals surface area contributed by atoms with Gasteiger partial charge in [-0.2, -0.15) is 18.3 Å². The van der Waals surface area contributed by atoms with Gasteiger partial charge in [0, 0.05) is 5.56 Å². The molecule has 0 radical (unpaired) electrons. The van der Waals surface area contributed by atoms with Gasteiger partial charge in [-0.15, -0.1) is 0 Å². The SMILES string of the molecule is Cc1ccc(-c2cc(C(F)(F)F)nn2-c2ccccc2)cc1.NC(=O)O. The highest BCUT2D eigenvalue weighted by Crippen LogP contribution is 2.33. The molecule has 1 amide bonds. The number of rotatable bonds is 2. The predicted octanol–water partition coefficient (Wildman–Crippen LogP) is 4.49. The molecule has 5 nitrogen and oxygen atoms in total. The van der Waals surface area contributed by atoms with Gasteiger partial charge in [-0.3, -0.25) is 0 Å². The summed E-state index contributed by atoms with van der Waals surface area (Å²) in [6.45, 7) is 1.93. The van der Waals surface area contributed by atoms with Crippen LogP contribution in [0.1, 0.15) is 11.3 Å². The van der Waals surface area contributed by atoms with Crippen molar-refractivity contribution < 1.29 is 23.1 Å². The number of nitrogens with two attached hydrogens (primary N) is 1. The zero-order valence-corrected chi connectivity index (χ0v) is 13.7. The highest BCUT2D eigenvalue weighted by Gasteiger charge is 2.35. The van der Waals surface area contributed by atoms with Crippen LogP contribution in [-0.2, 0) is 6.18 Å². The number of aryl methyl sites for hydroxylation is 1. The van der Waals surface area contributed by atoms with Crippen LogP contribution < -0.4 is 5.73 Å². The highest BCUT2D eigenvalue weighted by molar-refractivity contribution is 5.63. The van der Waals surface area contributed by atoms with Crippen molar-refractivity contribution in [2.75, 3.05) is 0 Å². The molecule has 1 aromatic heterocycles. The minimum atomic E-state index is -4.47. The molecule has 0 saturated heterocycles. The third-order valence-corrected chi connectivity index (χ3v) is 3.35. The number of alkyl halides is 3. The van der Waals surface area contributed by atoms with Gasteiger partial charge in [-0.05, 0) is 25.1 Å². The molecule has 3 rings (SSSR count). The number of carbonyl (C=O) groups is 1. The number of halogens is 3. The summed E-state index contributed by atoms with van der Waals surface area (Å²) in [6.07, 6.45) is -5.81. The van der Waals surface area contributed by atoms with Crippen LogP contribution in [0.5, 0.6) is 0 Å². The molecule has 3 aromatic rings. The summed E-state index contributed by atoms with van der Waals surface area (Å²) < 4.78 is 40.3. The fourth-order valence-electron chi connectivity index (χ4n) is 2.22. The molecule has 0 atom stereocenters. The first kappa shape index (κ1) is 19.0. The van der Waals surface area contributed by atoms with Crippen LogP contribution in [0.4, 0.5) is 18.0 Å². The Morgan fingerprint density at radius 2 is 1.62 bits per heavy atom. The minimum Gasteiger partial charge on any atom is -0.465 e. The van der Waals surface area contributed by atoms with Crippen LogP contribution in [0.2, 0.25) is 0 Å². The van der Waals surface area contributed by atoms with Crippen LogP contribution in [0, 0.1) is 6.92 Å². The summed E-state index contributed by atoms with van der Waals surface area (Å²) in [7, 11) is 0. The molecule has 8 heteroatoms. The lowest BCUT2D eigenvalue weighted by molar-refractivity contribution is -0.141. The number of primary amides is 1. The van der Waals surface area contributed by atoms with E-state index in [0.717, 1.165) is 11.6 Å².